The van der Waals surface area contributed by atoms with Crippen LogP contribution >= 0.6 is 15.9 Å². The van der Waals surface area contributed by atoms with Crippen molar-refractivity contribution in [3.05, 3.63) is 34.1 Å². The third-order valence-corrected chi connectivity index (χ3v) is 3.62. The second kappa shape index (κ2) is 5.72. The lowest BCUT2D eigenvalue weighted by Gasteiger charge is -2.10. The lowest BCUT2D eigenvalue weighted by Crippen LogP contribution is -2.27. The maximum atomic E-state index is 11.9. The quantitative estimate of drug-likeness (QED) is 0.852. The lowest BCUT2D eigenvalue weighted by molar-refractivity contribution is -0.122. The van der Waals surface area contributed by atoms with Crippen LogP contribution in [0, 0.1) is 0 Å². The average Bonchev–Trinajstić information content (AvgIpc) is 3.04. The number of rotatable bonds is 4. The molecular formula is C13H14BrN5O2. The lowest BCUT2D eigenvalue weighted by atomic mass is 10.1. The third-order valence-electron chi connectivity index (χ3n) is 3.16. The minimum atomic E-state index is -0.161. The zero-order chi connectivity index (χ0) is 14.8. The Morgan fingerprint density at radius 1 is 1.52 bits per heavy atom. The highest BCUT2D eigenvalue weighted by Gasteiger charge is 2.17. The van der Waals surface area contributed by atoms with E-state index in [4.69, 9.17) is 10.5 Å². The zero-order valence-corrected chi connectivity index (χ0v) is 12.8. The molecule has 1 aromatic heterocycles. The standard InChI is InChI=1S/C13H14BrN5O2/c14-10-3-8-1-2-21-12(8)9(4-10)5-16-11(20)6-19-7-17-13(15)18-19/h3-4,7H,1-2,5-6H2,(H2,15,18)(H,16,20). The van der Waals surface area contributed by atoms with Crippen molar-refractivity contribution < 1.29 is 9.53 Å². The number of aromatic nitrogens is 3. The van der Waals surface area contributed by atoms with E-state index in [9.17, 15) is 4.79 Å². The van der Waals surface area contributed by atoms with Gasteiger partial charge in [-0.15, -0.1) is 5.10 Å². The van der Waals surface area contributed by atoms with Gasteiger partial charge in [0.25, 0.3) is 0 Å². The number of carbonyl (C=O) groups is 1. The van der Waals surface area contributed by atoms with Crippen molar-refractivity contribution in [2.24, 2.45) is 0 Å². The molecule has 7 nitrogen and oxygen atoms in total. The van der Waals surface area contributed by atoms with E-state index in [1.165, 1.54) is 11.0 Å². The van der Waals surface area contributed by atoms with E-state index in [0.717, 1.165) is 27.8 Å². The van der Waals surface area contributed by atoms with Crippen molar-refractivity contribution in [1.29, 1.82) is 0 Å². The predicted octanol–water partition coefficient (Wildman–Crippen LogP) is 0.874. The first-order valence-corrected chi connectivity index (χ1v) is 7.27. The Morgan fingerprint density at radius 3 is 3.14 bits per heavy atom. The summed E-state index contributed by atoms with van der Waals surface area (Å²) in [6.45, 7) is 1.18. The molecule has 0 radical (unpaired) electrons. The first-order valence-electron chi connectivity index (χ1n) is 6.47. The molecule has 0 unspecified atom stereocenters. The molecule has 2 heterocycles. The number of nitrogens with zero attached hydrogens (tertiary/aromatic N) is 3. The summed E-state index contributed by atoms with van der Waals surface area (Å²) in [7, 11) is 0. The summed E-state index contributed by atoms with van der Waals surface area (Å²) in [4.78, 5) is 15.7. The summed E-state index contributed by atoms with van der Waals surface area (Å²) in [6, 6.07) is 4.00. The molecule has 8 heteroatoms. The molecule has 3 rings (SSSR count). The van der Waals surface area contributed by atoms with Crippen LogP contribution in [0.4, 0.5) is 5.95 Å². The van der Waals surface area contributed by atoms with Crippen molar-refractivity contribution in [3.8, 4) is 5.75 Å². The van der Waals surface area contributed by atoms with Crippen LogP contribution in [0.15, 0.2) is 22.9 Å². The number of nitrogens with one attached hydrogen (secondary N) is 1. The number of amides is 1. The summed E-state index contributed by atoms with van der Waals surface area (Å²) in [5.74, 6) is 0.871. The van der Waals surface area contributed by atoms with Crippen LogP contribution in [-0.4, -0.2) is 27.3 Å². The molecule has 0 spiro atoms. The molecule has 1 aromatic carbocycles. The van der Waals surface area contributed by atoms with Crippen LogP contribution in [0.3, 0.4) is 0 Å². The van der Waals surface area contributed by atoms with Crippen LogP contribution < -0.4 is 15.8 Å². The van der Waals surface area contributed by atoms with Crippen molar-refractivity contribution in [2.75, 3.05) is 12.3 Å². The van der Waals surface area contributed by atoms with E-state index < -0.39 is 0 Å². The second-order valence-corrected chi connectivity index (χ2v) is 5.64. The van der Waals surface area contributed by atoms with Crippen molar-refractivity contribution in [2.45, 2.75) is 19.5 Å². The number of nitrogens with two attached hydrogens (primary N) is 1. The molecule has 0 saturated heterocycles. The number of hydrogen-bond donors (Lipinski definition) is 2. The van der Waals surface area contributed by atoms with Crippen LogP contribution in [-0.2, 0) is 24.3 Å². The van der Waals surface area contributed by atoms with Gasteiger partial charge in [0.05, 0.1) is 6.61 Å². The molecule has 0 saturated carbocycles. The maximum Gasteiger partial charge on any atom is 0.242 e. The fraction of sp³-hybridized carbons (Fsp3) is 0.308. The summed E-state index contributed by atoms with van der Waals surface area (Å²) in [6.07, 6.45) is 2.32. The fourth-order valence-electron chi connectivity index (χ4n) is 2.26. The number of halogens is 1. The third kappa shape index (κ3) is 3.15. The number of ether oxygens (including phenoxy) is 1. The van der Waals surface area contributed by atoms with E-state index >= 15 is 0 Å². The molecule has 1 aliphatic rings. The number of benzene rings is 1. The molecule has 3 N–H and O–H groups in total. The summed E-state index contributed by atoms with van der Waals surface area (Å²) in [5.41, 5.74) is 7.53. The molecule has 0 fully saturated rings. The Labute approximate surface area is 129 Å². The highest BCUT2D eigenvalue weighted by atomic mass is 79.9. The van der Waals surface area contributed by atoms with Crippen molar-refractivity contribution in [1.82, 2.24) is 20.1 Å². The van der Waals surface area contributed by atoms with Gasteiger partial charge in [-0.1, -0.05) is 15.9 Å². The normalized spacial score (nSPS) is 12.8. The second-order valence-electron chi connectivity index (χ2n) is 4.73. The Balaban J connectivity index is 1.64. The number of fused-ring (bicyclic) bond motifs is 1. The van der Waals surface area contributed by atoms with Crippen molar-refractivity contribution in [3.63, 3.8) is 0 Å². The number of hydrogen-bond acceptors (Lipinski definition) is 5. The van der Waals surface area contributed by atoms with Crippen LogP contribution in [0.1, 0.15) is 11.1 Å². The number of carbonyl (C=O) groups excluding carboxylic acids is 1. The topological polar surface area (TPSA) is 95.1 Å². The van der Waals surface area contributed by atoms with Gasteiger partial charge in [0.15, 0.2) is 0 Å². The highest BCUT2D eigenvalue weighted by Crippen LogP contribution is 2.32. The number of anilines is 1. The maximum absolute atomic E-state index is 11.9. The van der Waals surface area contributed by atoms with Crippen LogP contribution in [0.5, 0.6) is 5.75 Å². The molecule has 0 atom stereocenters. The van der Waals surface area contributed by atoms with E-state index in [1.807, 2.05) is 12.1 Å². The van der Waals surface area contributed by atoms with E-state index in [-0.39, 0.29) is 18.4 Å². The SMILES string of the molecule is Nc1ncn(CC(=O)NCc2cc(Br)cc3c2OCC3)n1. The fourth-order valence-corrected chi connectivity index (χ4v) is 2.81. The first kappa shape index (κ1) is 13.9. The van der Waals surface area contributed by atoms with Gasteiger partial charge in [0, 0.05) is 23.0 Å². The van der Waals surface area contributed by atoms with E-state index in [0.29, 0.717) is 13.2 Å². The first-order chi connectivity index (χ1) is 10.1. The molecule has 2 aromatic rings. The molecule has 1 aliphatic heterocycles. The number of nitrogen functional groups attached to an aromatic ring is 1. The largest absolute Gasteiger partial charge is 0.493 e. The molecular weight excluding hydrogens is 338 g/mol. The van der Waals surface area contributed by atoms with Gasteiger partial charge in [-0.05, 0) is 17.7 Å². The Hall–Kier alpha value is -2.09. The van der Waals surface area contributed by atoms with Crippen molar-refractivity contribution >= 4 is 27.8 Å². The Morgan fingerprint density at radius 2 is 2.38 bits per heavy atom. The van der Waals surface area contributed by atoms with Crippen LogP contribution in [0.2, 0.25) is 0 Å². The highest BCUT2D eigenvalue weighted by molar-refractivity contribution is 9.10. The van der Waals surface area contributed by atoms with Gasteiger partial charge >= 0.3 is 0 Å². The summed E-state index contributed by atoms with van der Waals surface area (Å²) >= 11 is 3.47. The smallest absolute Gasteiger partial charge is 0.242 e. The average molecular weight is 352 g/mol. The molecule has 0 aliphatic carbocycles. The molecule has 110 valence electrons. The minimum absolute atomic E-state index is 0.0846. The molecule has 21 heavy (non-hydrogen) atoms. The van der Waals surface area contributed by atoms with Gasteiger partial charge in [0.1, 0.15) is 18.6 Å². The molecule has 0 bridgehead atoms. The van der Waals surface area contributed by atoms with Gasteiger partial charge in [0.2, 0.25) is 11.9 Å². The van der Waals surface area contributed by atoms with Gasteiger partial charge in [-0.3, -0.25) is 4.79 Å². The summed E-state index contributed by atoms with van der Waals surface area (Å²) in [5, 5.41) is 6.71. The Bertz CT molecular complexity index is 685. The van der Waals surface area contributed by atoms with E-state index in [2.05, 4.69) is 31.3 Å². The monoisotopic (exact) mass is 351 g/mol. The van der Waals surface area contributed by atoms with Crippen LogP contribution in [0.25, 0.3) is 0 Å². The Kier molecular flexibility index (Phi) is 3.78. The van der Waals surface area contributed by atoms with Gasteiger partial charge in [-0.2, -0.15) is 0 Å². The van der Waals surface area contributed by atoms with E-state index in [1.54, 1.807) is 0 Å². The molecule has 1 amide bonds. The summed E-state index contributed by atoms with van der Waals surface area (Å²) < 4.78 is 8.00. The minimum Gasteiger partial charge on any atom is -0.493 e. The van der Waals surface area contributed by atoms with Gasteiger partial charge in [-0.25, -0.2) is 9.67 Å². The predicted molar refractivity (Wildman–Crippen MR) is 79.6 cm³/mol. The zero-order valence-electron chi connectivity index (χ0n) is 11.2. The van der Waals surface area contributed by atoms with Gasteiger partial charge < -0.3 is 15.8 Å².